The summed E-state index contributed by atoms with van der Waals surface area (Å²) in [6.07, 6.45) is 1.76. The van der Waals surface area contributed by atoms with Crippen molar-refractivity contribution in [3.05, 3.63) is 100 Å². The third kappa shape index (κ3) is 5.28. The van der Waals surface area contributed by atoms with Gasteiger partial charge in [0, 0.05) is 54.5 Å². The van der Waals surface area contributed by atoms with E-state index in [4.69, 9.17) is 4.74 Å². The Kier molecular flexibility index (Phi) is 7.27. The molecule has 34 heavy (non-hydrogen) atoms. The molecule has 1 atom stereocenters. The second kappa shape index (κ2) is 10.5. The number of ether oxygens (including phenoxy) is 1. The Hall–Kier alpha value is -3.65. The lowest BCUT2D eigenvalue weighted by atomic mass is 9.84. The zero-order valence-electron chi connectivity index (χ0n) is 18.7. The first-order valence-electron chi connectivity index (χ1n) is 11.0. The molecule has 2 heterocycles. The monoisotopic (exact) mass is 465 g/mol. The Balaban J connectivity index is 1.67. The molecule has 0 bridgehead atoms. The molecule has 0 spiro atoms. The van der Waals surface area contributed by atoms with Crippen LogP contribution in [-0.2, 0) is 4.74 Å². The fourth-order valence-corrected chi connectivity index (χ4v) is 4.13. The van der Waals surface area contributed by atoms with Gasteiger partial charge in [-0.3, -0.25) is 9.78 Å². The normalized spacial score (nSPS) is 15.3. The number of nitrogens with zero attached hydrogens (tertiary/aromatic N) is 3. The molecule has 176 valence electrons. The van der Waals surface area contributed by atoms with Gasteiger partial charge in [-0.05, 0) is 48.4 Å². The summed E-state index contributed by atoms with van der Waals surface area (Å²) in [6, 6.07) is 13.8. The first-order chi connectivity index (χ1) is 16.5. The summed E-state index contributed by atoms with van der Waals surface area (Å²) in [5, 5.41) is 13.2. The van der Waals surface area contributed by atoms with Gasteiger partial charge in [-0.1, -0.05) is 23.4 Å². The number of halogens is 2. The van der Waals surface area contributed by atoms with Crippen LogP contribution < -0.4 is 0 Å². The number of morpholine rings is 1. The summed E-state index contributed by atoms with van der Waals surface area (Å²) in [6.45, 7) is 3.90. The van der Waals surface area contributed by atoms with Crippen molar-refractivity contribution in [3.63, 3.8) is 0 Å². The van der Waals surface area contributed by atoms with E-state index in [1.807, 2.05) is 6.92 Å². The molecular weight excluding hydrogens is 440 g/mol. The predicted octanol–water partition coefficient (Wildman–Crippen LogP) is 4.54. The molecule has 1 amide bonds. The topological polar surface area (TPSA) is 75.0 Å². The molecule has 1 aromatic heterocycles. The summed E-state index contributed by atoms with van der Waals surface area (Å²) in [5.74, 6) is -2.04. The zero-order chi connectivity index (χ0) is 24.1. The SMILES string of the molecule is Cc1cc(C(CC(c2ccc(C(=O)N3CCOCC3)cc2)c2ccc(F)cc2F)=NO)ccn1. The van der Waals surface area contributed by atoms with Crippen LogP contribution in [0.2, 0.25) is 0 Å². The van der Waals surface area contributed by atoms with Crippen molar-refractivity contribution in [1.82, 2.24) is 9.88 Å². The van der Waals surface area contributed by atoms with Gasteiger partial charge in [-0.25, -0.2) is 8.78 Å². The van der Waals surface area contributed by atoms with Crippen LogP contribution in [0.15, 0.2) is 65.9 Å². The summed E-state index contributed by atoms with van der Waals surface area (Å²) in [4.78, 5) is 18.7. The van der Waals surface area contributed by atoms with Gasteiger partial charge in [0.1, 0.15) is 11.6 Å². The minimum absolute atomic E-state index is 0.0933. The number of rotatable bonds is 6. The number of aromatic nitrogens is 1. The molecule has 6 nitrogen and oxygen atoms in total. The van der Waals surface area contributed by atoms with E-state index >= 15 is 0 Å². The fraction of sp³-hybridized carbons (Fsp3) is 0.269. The molecule has 0 aliphatic carbocycles. The van der Waals surface area contributed by atoms with Crippen LogP contribution in [0.1, 0.15) is 45.1 Å². The van der Waals surface area contributed by atoms with Gasteiger partial charge >= 0.3 is 0 Å². The highest BCUT2D eigenvalue weighted by Crippen LogP contribution is 2.32. The predicted molar refractivity (Wildman–Crippen MR) is 123 cm³/mol. The number of carbonyl (C=O) groups is 1. The highest BCUT2D eigenvalue weighted by atomic mass is 19.1. The van der Waals surface area contributed by atoms with Crippen molar-refractivity contribution in [3.8, 4) is 0 Å². The molecule has 1 unspecified atom stereocenters. The number of benzene rings is 2. The summed E-state index contributed by atoms with van der Waals surface area (Å²) < 4.78 is 33.7. The van der Waals surface area contributed by atoms with Crippen molar-refractivity contribution in [1.29, 1.82) is 0 Å². The van der Waals surface area contributed by atoms with Gasteiger partial charge < -0.3 is 14.8 Å². The molecule has 4 rings (SSSR count). The van der Waals surface area contributed by atoms with Crippen LogP contribution in [-0.4, -0.2) is 53.0 Å². The van der Waals surface area contributed by atoms with Crippen LogP contribution in [0.4, 0.5) is 8.78 Å². The number of amides is 1. The van der Waals surface area contributed by atoms with Gasteiger partial charge in [-0.2, -0.15) is 0 Å². The second-order valence-corrected chi connectivity index (χ2v) is 8.18. The van der Waals surface area contributed by atoms with Crippen LogP contribution >= 0.6 is 0 Å². The van der Waals surface area contributed by atoms with Crippen LogP contribution in [0.5, 0.6) is 0 Å². The van der Waals surface area contributed by atoms with E-state index in [1.54, 1.807) is 47.5 Å². The van der Waals surface area contributed by atoms with E-state index < -0.39 is 17.6 Å². The Morgan fingerprint density at radius 1 is 1.09 bits per heavy atom. The molecule has 1 saturated heterocycles. The first kappa shape index (κ1) is 23.5. The van der Waals surface area contributed by atoms with E-state index in [1.165, 1.54) is 12.1 Å². The molecule has 1 aliphatic heterocycles. The third-order valence-corrected chi connectivity index (χ3v) is 5.94. The van der Waals surface area contributed by atoms with E-state index in [0.717, 1.165) is 11.8 Å². The van der Waals surface area contributed by atoms with E-state index in [2.05, 4.69) is 10.1 Å². The maximum atomic E-state index is 14.8. The average Bonchev–Trinajstić information content (AvgIpc) is 2.86. The van der Waals surface area contributed by atoms with Gasteiger partial charge in [0.15, 0.2) is 0 Å². The van der Waals surface area contributed by atoms with Gasteiger partial charge in [0.2, 0.25) is 0 Å². The van der Waals surface area contributed by atoms with Gasteiger partial charge in [-0.15, -0.1) is 0 Å². The molecule has 0 radical (unpaired) electrons. The lowest BCUT2D eigenvalue weighted by Gasteiger charge is -2.27. The van der Waals surface area contributed by atoms with Crippen molar-refractivity contribution in [2.45, 2.75) is 19.3 Å². The fourth-order valence-electron chi connectivity index (χ4n) is 4.13. The lowest BCUT2D eigenvalue weighted by molar-refractivity contribution is 0.0303. The summed E-state index contributed by atoms with van der Waals surface area (Å²) in [5.41, 5.74) is 3.23. The largest absolute Gasteiger partial charge is 0.411 e. The maximum absolute atomic E-state index is 14.8. The van der Waals surface area contributed by atoms with Crippen molar-refractivity contribution in [2.75, 3.05) is 26.3 Å². The smallest absolute Gasteiger partial charge is 0.254 e. The molecular formula is C26H25F2N3O3. The van der Waals surface area contributed by atoms with E-state index in [-0.39, 0.29) is 17.9 Å². The Labute approximate surface area is 196 Å². The molecule has 8 heteroatoms. The standard InChI is InChI=1S/C26H25F2N3O3/c1-17-14-20(8-9-29-17)25(30-33)16-23(22-7-6-21(27)15-24(22)28)18-2-4-19(5-3-18)26(32)31-10-12-34-13-11-31/h2-9,14-15,23,33H,10-13,16H2,1H3. The van der Waals surface area contributed by atoms with Crippen molar-refractivity contribution in [2.24, 2.45) is 5.16 Å². The number of pyridine rings is 1. The average molecular weight is 466 g/mol. The molecule has 1 N–H and O–H groups in total. The second-order valence-electron chi connectivity index (χ2n) is 8.18. The Morgan fingerprint density at radius 2 is 1.82 bits per heavy atom. The quantitative estimate of drug-likeness (QED) is 0.330. The minimum Gasteiger partial charge on any atom is -0.411 e. The number of carbonyl (C=O) groups excluding carboxylic acids is 1. The van der Waals surface area contributed by atoms with Gasteiger partial charge in [0.05, 0.1) is 18.9 Å². The zero-order valence-corrected chi connectivity index (χ0v) is 18.7. The molecule has 1 fully saturated rings. The molecule has 2 aromatic carbocycles. The van der Waals surface area contributed by atoms with Crippen molar-refractivity contribution < 1.29 is 23.5 Å². The highest BCUT2D eigenvalue weighted by Gasteiger charge is 2.24. The molecule has 1 aliphatic rings. The summed E-state index contributed by atoms with van der Waals surface area (Å²) in [7, 11) is 0. The van der Waals surface area contributed by atoms with E-state index in [9.17, 15) is 18.8 Å². The highest BCUT2D eigenvalue weighted by molar-refractivity contribution is 6.01. The van der Waals surface area contributed by atoms with Crippen LogP contribution in [0.25, 0.3) is 0 Å². The van der Waals surface area contributed by atoms with Gasteiger partial charge in [0.25, 0.3) is 5.91 Å². The third-order valence-electron chi connectivity index (χ3n) is 5.94. The summed E-state index contributed by atoms with van der Waals surface area (Å²) >= 11 is 0. The number of hydrogen-bond acceptors (Lipinski definition) is 5. The Bertz CT molecular complexity index is 1190. The van der Waals surface area contributed by atoms with Crippen molar-refractivity contribution >= 4 is 11.6 Å². The lowest BCUT2D eigenvalue weighted by Crippen LogP contribution is -2.40. The van der Waals surface area contributed by atoms with Crippen LogP contribution in [0, 0.1) is 18.6 Å². The van der Waals surface area contributed by atoms with Crippen LogP contribution in [0.3, 0.4) is 0 Å². The maximum Gasteiger partial charge on any atom is 0.254 e. The Morgan fingerprint density at radius 3 is 2.47 bits per heavy atom. The first-order valence-corrected chi connectivity index (χ1v) is 11.0. The molecule has 0 saturated carbocycles. The van der Waals surface area contributed by atoms with E-state index in [0.29, 0.717) is 48.7 Å². The minimum atomic E-state index is -0.693. The number of hydrogen-bond donors (Lipinski definition) is 1. The number of aryl methyl sites for hydroxylation is 1. The molecule has 3 aromatic rings. The number of oxime groups is 1.